The van der Waals surface area contributed by atoms with Crippen LogP contribution in [0.3, 0.4) is 0 Å². The first kappa shape index (κ1) is 13.4. The first-order chi connectivity index (χ1) is 8.70. The highest BCUT2D eigenvalue weighted by Gasteiger charge is 2.14. The van der Waals surface area contributed by atoms with E-state index in [2.05, 4.69) is 0 Å². The van der Waals surface area contributed by atoms with E-state index in [4.69, 9.17) is 4.79 Å². The van der Waals surface area contributed by atoms with E-state index >= 15 is 0 Å². The van der Waals surface area contributed by atoms with E-state index in [0.29, 0.717) is 5.56 Å². The smallest absolute Gasteiger partial charge is 0.196 e. The molecule has 0 aromatic heterocycles. The summed E-state index contributed by atoms with van der Waals surface area (Å²) in [4.78, 5) is 19.9. The van der Waals surface area contributed by atoms with Crippen molar-refractivity contribution in [1.82, 2.24) is 0 Å². The molecule has 2 N–H and O–H groups in total. The Morgan fingerprint density at radius 1 is 0.889 bits per heavy atom. The molecule has 0 saturated heterocycles. The largest absolute Gasteiger partial charge is 0.504 e. The predicted octanol–water partition coefficient (Wildman–Crippen LogP) is 2.14. The highest BCUT2D eigenvalue weighted by atomic mass is 16.3. The third-order valence-corrected chi connectivity index (χ3v) is 2.30. The maximum absolute atomic E-state index is 11.9. The normalized spacial score (nSPS) is 9.11. The summed E-state index contributed by atoms with van der Waals surface area (Å²) in [6, 6.07) is 12.9. The van der Waals surface area contributed by atoms with Gasteiger partial charge in [-0.15, -0.1) is 0 Å². The monoisotopic (exact) mass is 244 g/mol. The van der Waals surface area contributed by atoms with Crippen molar-refractivity contribution in [3.05, 3.63) is 59.7 Å². The molecule has 92 valence electrons. The zero-order valence-electron chi connectivity index (χ0n) is 9.54. The Labute approximate surface area is 104 Å². The minimum atomic E-state index is -0.378. The molecule has 0 fully saturated rings. The van der Waals surface area contributed by atoms with E-state index in [-0.39, 0.29) is 22.8 Å². The maximum Gasteiger partial charge on any atom is 0.196 e. The SMILES string of the molecule is C=O.O=C(c1ccccc1)c1cccc(O)c1O. The highest BCUT2D eigenvalue weighted by molar-refractivity contribution is 6.11. The molecule has 4 heteroatoms. The Morgan fingerprint density at radius 3 is 2.11 bits per heavy atom. The lowest BCUT2D eigenvalue weighted by atomic mass is 10.0. The van der Waals surface area contributed by atoms with Gasteiger partial charge in [0, 0.05) is 5.56 Å². The number of aromatic hydroxyl groups is 2. The average Bonchev–Trinajstić information content (AvgIpc) is 2.44. The van der Waals surface area contributed by atoms with Gasteiger partial charge in [0.25, 0.3) is 0 Å². The fraction of sp³-hybridized carbons (Fsp3) is 0. The minimum Gasteiger partial charge on any atom is -0.504 e. The Kier molecular flexibility index (Phi) is 4.63. The minimum absolute atomic E-state index is 0.103. The molecule has 0 bridgehead atoms. The second-order valence-corrected chi connectivity index (χ2v) is 3.37. The van der Waals surface area contributed by atoms with Gasteiger partial charge < -0.3 is 15.0 Å². The average molecular weight is 244 g/mol. The number of carbonyl (C=O) groups is 2. The van der Waals surface area contributed by atoms with Gasteiger partial charge in [-0.2, -0.15) is 0 Å². The summed E-state index contributed by atoms with van der Waals surface area (Å²) in [7, 11) is 0. The topological polar surface area (TPSA) is 74.6 Å². The highest BCUT2D eigenvalue weighted by Crippen LogP contribution is 2.29. The van der Waals surface area contributed by atoms with Gasteiger partial charge in [0.15, 0.2) is 17.3 Å². The molecule has 4 nitrogen and oxygen atoms in total. The Hall–Kier alpha value is -2.62. The molecule has 0 spiro atoms. The molecule has 2 rings (SSSR count). The Bertz CT molecular complexity index is 535. The molecular formula is C14H12O4. The van der Waals surface area contributed by atoms with Crippen LogP contribution in [0.5, 0.6) is 11.5 Å². The van der Waals surface area contributed by atoms with Crippen LogP contribution in [0.1, 0.15) is 15.9 Å². The zero-order valence-corrected chi connectivity index (χ0v) is 9.54. The molecule has 2 aromatic rings. The summed E-state index contributed by atoms with van der Waals surface area (Å²) < 4.78 is 0. The summed E-state index contributed by atoms with van der Waals surface area (Å²) in [5.74, 6) is -0.980. The molecule has 0 aliphatic heterocycles. The molecule has 18 heavy (non-hydrogen) atoms. The van der Waals surface area contributed by atoms with Crippen LogP contribution >= 0.6 is 0 Å². The van der Waals surface area contributed by atoms with Crippen LogP contribution in [0.4, 0.5) is 0 Å². The van der Waals surface area contributed by atoms with Crippen molar-refractivity contribution >= 4 is 12.6 Å². The van der Waals surface area contributed by atoms with Gasteiger partial charge in [-0.05, 0) is 12.1 Å². The van der Waals surface area contributed by atoms with Crippen LogP contribution in [0, 0.1) is 0 Å². The second kappa shape index (κ2) is 6.20. The van der Waals surface area contributed by atoms with Crippen molar-refractivity contribution in [1.29, 1.82) is 0 Å². The first-order valence-electron chi connectivity index (χ1n) is 5.09. The quantitative estimate of drug-likeness (QED) is 0.627. The van der Waals surface area contributed by atoms with Crippen LogP contribution in [0.15, 0.2) is 48.5 Å². The molecule has 0 saturated carbocycles. The lowest BCUT2D eigenvalue weighted by Crippen LogP contribution is -2.01. The van der Waals surface area contributed by atoms with Crippen molar-refractivity contribution in [2.75, 3.05) is 0 Å². The number of phenolic OH excluding ortho intramolecular Hbond substituents is 2. The van der Waals surface area contributed by atoms with Crippen molar-refractivity contribution in [3.8, 4) is 11.5 Å². The number of phenols is 2. The van der Waals surface area contributed by atoms with Crippen LogP contribution in [-0.4, -0.2) is 22.8 Å². The summed E-state index contributed by atoms with van der Waals surface area (Å²) in [5.41, 5.74) is 0.578. The van der Waals surface area contributed by atoms with Gasteiger partial charge in [-0.1, -0.05) is 36.4 Å². The fourth-order valence-corrected chi connectivity index (χ4v) is 1.46. The summed E-state index contributed by atoms with van der Waals surface area (Å²) in [5, 5.41) is 18.9. The van der Waals surface area contributed by atoms with E-state index in [9.17, 15) is 15.0 Å². The molecule has 0 radical (unpaired) electrons. The molecule has 0 amide bonds. The Morgan fingerprint density at radius 2 is 1.50 bits per heavy atom. The van der Waals surface area contributed by atoms with Gasteiger partial charge in [-0.25, -0.2) is 0 Å². The molecular weight excluding hydrogens is 232 g/mol. The summed E-state index contributed by atoms with van der Waals surface area (Å²) in [6.07, 6.45) is 0. The maximum atomic E-state index is 11.9. The standard InChI is InChI=1S/C13H10O3.CH2O/c14-11-8-4-7-10(13(11)16)12(15)9-5-2-1-3-6-9;1-2/h1-8,14,16H;1H2. The summed E-state index contributed by atoms with van der Waals surface area (Å²) >= 11 is 0. The zero-order chi connectivity index (χ0) is 13.5. The van der Waals surface area contributed by atoms with Gasteiger partial charge >= 0.3 is 0 Å². The lowest BCUT2D eigenvalue weighted by Gasteiger charge is -2.04. The van der Waals surface area contributed by atoms with Crippen LogP contribution in [0.25, 0.3) is 0 Å². The van der Waals surface area contributed by atoms with Crippen LogP contribution in [0.2, 0.25) is 0 Å². The number of benzene rings is 2. The number of ketones is 1. The van der Waals surface area contributed by atoms with Gasteiger partial charge in [0.05, 0.1) is 5.56 Å². The van der Waals surface area contributed by atoms with E-state index in [0.717, 1.165) is 0 Å². The predicted molar refractivity (Wildman–Crippen MR) is 66.8 cm³/mol. The second-order valence-electron chi connectivity index (χ2n) is 3.37. The third kappa shape index (κ3) is 2.74. The van der Waals surface area contributed by atoms with Crippen molar-refractivity contribution in [3.63, 3.8) is 0 Å². The van der Waals surface area contributed by atoms with E-state index in [1.54, 1.807) is 30.3 Å². The number of rotatable bonds is 2. The third-order valence-electron chi connectivity index (χ3n) is 2.30. The first-order valence-corrected chi connectivity index (χ1v) is 5.09. The van der Waals surface area contributed by atoms with Crippen molar-refractivity contribution < 1.29 is 19.8 Å². The molecule has 0 unspecified atom stereocenters. The van der Waals surface area contributed by atoms with E-state index in [1.165, 1.54) is 18.2 Å². The summed E-state index contributed by atoms with van der Waals surface area (Å²) in [6.45, 7) is 2.00. The van der Waals surface area contributed by atoms with Gasteiger partial charge in [-0.3, -0.25) is 4.79 Å². The molecule has 0 aliphatic carbocycles. The van der Waals surface area contributed by atoms with Gasteiger partial charge in [0.2, 0.25) is 0 Å². The van der Waals surface area contributed by atoms with E-state index < -0.39 is 0 Å². The van der Waals surface area contributed by atoms with Crippen LogP contribution < -0.4 is 0 Å². The number of carbonyl (C=O) groups excluding carboxylic acids is 2. The van der Waals surface area contributed by atoms with Crippen molar-refractivity contribution in [2.45, 2.75) is 0 Å². The molecule has 0 heterocycles. The molecule has 2 aromatic carbocycles. The van der Waals surface area contributed by atoms with Gasteiger partial charge in [0.1, 0.15) is 6.79 Å². The van der Waals surface area contributed by atoms with E-state index in [1.807, 2.05) is 6.79 Å². The number of hydrogen-bond donors (Lipinski definition) is 2. The molecule has 0 atom stereocenters. The number of hydrogen-bond acceptors (Lipinski definition) is 4. The van der Waals surface area contributed by atoms with Crippen molar-refractivity contribution in [2.24, 2.45) is 0 Å². The Balaban J connectivity index is 0.000000771. The number of para-hydroxylation sites is 1. The lowest BCUT2D eigenvalue weighted by molar-refractivity contribution is -0.0980. The molecule has 0 aliphatic rings. The van der Waals surface area contributed by atoms with Crippen LogP contribution in [-0.2, 0) is 4.79 Å². The fourth-order valence-electron chi connectivity index (χ4n) is 1.46.